The molecule has 2 unspecified atom stereocenters. The Bertz CT molecular complexity index is 816. The van der Waals surface area contributed by atoms with Crippen molar-refractivity contribution in [3.8, 4) is 0 Å². The van der Waals surface area contributed by atoms with E-state index in [4.69, 9.17) is 24.0 Å². The van der Waals surface area contributed by atoms with Gasteiger partial charge >= 0.3 is 19.4 Å². The molecular weight excluding hydrogens is 351 g/mol. The van der Waals surface area contributed by atoms with Gasteiger partial charge in [-0.2, -0.15) is 13.8 Å². The first-order valence-corrected chi connectivity index (χ1v) is 8.62. The minimum absolute atomic E-state index is 0.103. The van der Waals surface area contributed by atoms with E-state index in [2.05, 4.69) is 4.98 Å². The van der Waals surface area contributed by atoms with Gasteiger partial charge in [0.1, 0.15) is 18.0 Å². The average Bonchev–Trinajstić information content (AvgIpc) is 2.77. The number of halogens is 2. The third kappa shape index (κ3) is 1.90. The van der Waals surface area contributed by atoms with Crippen molar-refractivity contribution in [1.82, 2.24) is 9.55 Å². The molecule has 2 aliphatic heterocycles. The Labute approximate surface area is 134 Å². The molecule has 1 aromatic rings. The molecule has 1 aliphatic carbocycles. The Kier molecular flexibility index (Phi) is 3.09. The van der Waals surface area contributed by atoms with E-state index in [9.17, 15) is 18.1 Å². The number of phosphoric ester groups is 1. The summed E-state index contributed by atoms with van der Waals surface area (Å²) in [4.78, 5) is 15.2. The van der Waals surface area contributed by atoms with Crippen LogP contribution in [0.25, 0.3) is 0 Å². The van der Waals surface area contributed by atoms with E-state index in [1.807, 2.05) is 0 Å². The van der Waals surface area contributed by atoms with Gasteiger partial charge < -0.3 is 10.5 Å². The summed E-state index contributed by atoms with van der Waals surface area (Å²) in [5.41, 5.74) is 2.12. The van der Waals surface area contributed by atoms with Gasteiger partial charge in [-0.15, -0.1) is 0 Å². The molecule has 12 heteroatoms. The van der Waals surface area contributed by atoms with Crippen LogP contribution in [0.5, 0.6) is 0 Å². The quantitative estimate of drug-likeness (QED) is 0.791. The molecule has 9 nitrogen and oxygen atoms in total. The number of hydrogen-bond acceptors (Lipinski definition) is 8. The Morgan fingerprint density at radius 2 is 2.17 bits per heavy atom. The minimum atomic E-state index is -4.11. The molecule has 3 heterocycles. The second-order valence-corrected chi connectivity index (χ2v) is 7.58. The largest absolute Gasteiger partial charge is 0.476 e. The van der Waals surface area contributed by atoms with Gasteiger partial charge in [0.25, 0.3) is 0 Å². The van der Waals surface area contributed by atoms with Gasteiger partial charge in [-0.1, -0.05) is 0 Å². The molecule has 0 amide bonds. The van der Waals surface area contributed by atoms with Gasteiger partial charge in [0.15, 0.2) is 0 Å². The van der Waals surface area contributed by atoms with Crippen LogP contribution in [0, 0.1) is 0 Å². The minimum Gasteiger partial charge on any atom is -0.383 e. The summed E-state index contributed by atoms with van der Waals surface area (Å²) in [5.74, 6) is -3.79. The number of fused-ring (bicyclic) bond motifs is 1. The molecule has 1 aromatic heterocycles. The molecule has 2 saturated heterocycles. The lowest BCUT2D eigenvalue weighted by Crippen LogP contribution is -2.45. The topological polar surface area (TPSA) is 115 Å². The van der Waals surface area contributed by atoms with E-state index in [1.165, 1.54) is 6.07 Å². The van der Waals surface area contributed by atoms with Gasteiger partial charge in [0, 0.05) is 6.20 Å². The summed E-state index contributed by atoms with van der Waals surface area (Å²) >= 11 is 0. The van der Waals surface area contributed by atoms with E-state index in [1.54, 1.807) is 13.8 Å². The first-order valence-electron chi connectivity index (χ1n) is 7.16. The normalized spacial score (nSPS) is 42.1. The number of ether oxygens (including phenoxy) is 1. The van der Waals surface area contributed by atoms with Crippen LogP contribution in [0.4, 0.5) is 14.6 Å². The molecule has 5 atom stereocenters. The third-order valence-corrected chi connectivity index (χ3v) is 5.76. The van der Waals surface area contributed by atoms with E-state index in [-0.39, 0.29) is 5.82 Å². The van der Waals surface area contributed by atoms with E-state index >= 15 is 0 Å². The van der Waals surface area contributed by atoms with Crippen LogP contribution in [0.1, 0.15) is 20.1 Å². The molecule has 1 saturated carbocycles. The first kappa shape index (κ1) is 16.1. The summed E-state index contributed by atoms with van der Waals surface area (Å²) in [5, 5.41) is 0. The fourth-order valence-corrected chi connectivity index (χ4v) is 4.96. The van der Waals surface area contributed by atoms with Gasteiger partial charge in [-0.25, -0.2) is 9.36 Å². The molecule has 3 aliphatic rings. The number of nitrogen functional groups attached to an aromatic ring is 1. The zero-order chi connectivity index (χ0) is 17.5. The number of aromatic nitrogens is 2. The summed E-state index contributed by atoms with van der Waals surface area (Å²) in [6.07, 6.45) is -3.82. The number of anilines is 1. The maximum atomic E-state index is 14.9. The van der Waals surface area contributed by atoms with E-state index in [0.717, 1.165) is 6.20 Å². The van der Waals surface area contributed by atoms with Gasteiger partial charge in [0.05, 0.1) is 6.10 Å². The fraction of sp³-hybridized carbons (Fsp3) is 0.667. The second-order valence-electron chi connectivity index (χ2n) is 6.09. The standard InChI is InChI=1S/C12H14F2N3O6P/c1-5(2)21-24(19)22-8-7-11(8,23-24)12(13,14)9(20-7)17-4-3-6(15)16-10(17)18/h3-5,7-9H,1-2H3,(H2,15,16,18)/t7-,8?,9-,11-,24?/m1/s1. The van der Waals surface area contributed by atoms with Crippen molar-refractivity contribution < 1.29 is 31.7 Å². The van der Waals surface area contributed by atoms with Crippen LogP contribution in [0.3, 0.4) is 0 Å². The van der Waals surface area contributed by atoms with Crippen molar-refractivity contribution in [3.63, 3.8) is 0 Å². The lowest BCUT2D eigenvalue weighted by Gasteiger charge is -2.26. The van der Waals surface area contributed by atoms with E-state index in [0.29, 0.717) is 4.57 Å². The maximum Gasteiger partial charge on any atom is 0.476 e. The van der Waals surface area contributed by atoms with Crippen LogP contribution in [0.15, 0.2) is 17.1 Å². The summed E-state index contributed by atoms with van der Waals surface area (Å²) in [7, 11) is -4.11. The molecule has 2 N–H and O–H groups in total. The van der Waals surface area contributed by atoms with Crippen molar-refractivity contribution in [2.45, 2.75) is 49.9 Å². The monoisotopic (exact) mass is 365 g/mol. The third-order valence-electron chi connectivity index (χ3n) is 4.07. The van der Waals surface area contributed by atoms with Crippen LogP contribution < -0.4 is 11.4 Å². The van der Waals surface area contributed by atoms with Crippen LogP contribution >= 0.6 is 7.82 Å². The highest BCUT2D eigenvalue weighted by molar-refractivity contribution is 7.49. The highest BCUT2D eigenvalue weighted by Crippen LogP contribution is 2.78. The Morgan fingerprint density at radius 3 is 2.79 bits per heavy atom. The smallest absolute Gasteiger partial charge is 0.383 e. The van der Waals surface area contributed by atoms with Crippen molar-refractivity contribution in [1.29, 1.82) is 0 Å². The molecule has 0 aromatic carbocycles. The Balaban J connectivity index is 1.67. The highest BCUT2D eigenvalue weighted by Gasteiger charge is 2.94. The zero-order valence-electron chi connectivity index (χ0n) is 12.6. The van der Waals surface area contributed by atoms with Crippen molar-refractivity contribution in [2.75, 3.05) is 5.73 Å². The van der Waals surface area contributed by atoms with Crippen molar-refractivity contribution in [2.24, 2.45) is 0 Å². The van der Waals surface area contributed by atoms with E-state index < -0.39 is 49.6 Å². The molecule has 132 valence electrons. The fourth-order valence-electron chi connectivity index (χ4n) is 3.07. The van der Waals surface area contributed by atoms with Crippen LogP contribution in [-0.2, 0) is 22.9 Å². The second kappa shape index (κ2) is 4.61. The average molecular weight is 365 g/mol. The molecule has 0 bridgehead atoms. The predicted molar refractivity (Wildman–Crippen MR) is 74.3 cm³/mol. The Morgan fingerprint density at radius 1 is 1.46 bits per heavy atom. The van der Waals surface area contributed by atoms with Crippen molar-refractivity contribution in [3.05, 3.63) is 22.7 Å². The first-order chi connectivity index (χ1) is 11.1. The molecule has 0 radical (unpaired) electrons. The van der Waals surface area contributed by atoms with Gasteiger partial charge in [-0.05, 0) is 19.9 Å². The number of phosphoric acid groups is 1. The van der Waals surface area contributed by atoms with Gasteiger partial charge in [0.2, 0.25) is 11.8 Å². The lowest BCUT2D eigenvalue weighted by molar-refractivity contribution is -0.176. The van der Waals surface area contributed by atoms with Crippen LogP contribution in [0.2, 0.25) is 0 Å². The predicted octanol–water partition coefficient (Wildman–Crippen LogP) is 1.06. The number of nitrogens with two attached hydrogens (primary N) is 1. The number of hydrogen-bond donors (Lipinski definition) is 1. The van der Waals surface area contributed by atoms with Crippen LogP contribution in [-0.4, -0.2) is 39.4 Å². The number of rotatable bonds is 3. The molecule has 1 spiro atoms. The summed E-state index contributed by atoms with van der Waals surface area (Å²) in [6, 6.07) is 1.19. The maximum absolute atomic E-state index is 14.9. The Hall–Kier alpha value is -1.39. The summed E-state index contributed by atoms with van der Waals surface area (Å²) in [6.45, 7) is 3.13. The zero-order valence-corrected chi connectivity index (χ0v) is 13.5. The molecular formula is C12H14F2N3O6P. The number of nitrogens with zero attached hydrogens (tertiary/aromatic N) is 2. The number of alkyl halides is 2. The highest BCUT2D eigenvalue weighted by atomic mass is 31.2. The summed E-state index contributed by atoms with van der Waals surface area (Å²) < 4.78 is 63.0. The SMILES string of the molecule is CC(C)OP1(=O)OC2[C@H]3O[C@@H](n4ccc(N)nc4=O)C(F)(F)[C@]23O1. The lowest BCUT2D eigenvalue weighted by atomic mass is 10.1. The van der Waals surface area contributed by atoms with Gasteiger partial charge in [-0.3, -0.25) is 18.1 Å². The van der Waals surface area contributed by atoms with Crippen molar-refractivity contribution >= 4 is 13.6 Å². The molecule has 3 fully saturated rings. The molecule has 4 rings (SSSR count). The molecule has 24 heavy (non-hydrogen) atoms.